The van der Waals surface area contributed by atoms with Crippen LogP contribution < -0.4 is 16.0 Å². The van der Waals surface area contributed by atoms with E-state index in [0.29, 0.717) is 28.2 Å². The Balaban J connectivity index is 1.31. The molecule has 1 fully saturated rings. The van der Waals surface area contributed by atoms with Crippen molar-refractivity contribution in [3.63, 3.8) is 0 Å². The Hall–Kier alpha value is -3.69. The number of amides is 1. The smallest absolute Gasteiger partial charge is 0.229 e. The summed E-state index contributed by atoms with van der Waals surface area (Å²) in [6.45, 7) is 6.85. The average Bonchev–Trinajstić information content (AvgIpc) is 3.25. The molecule has 0 aliphatic carbocycles. The maximum absolute atomic E-state index is 11.5. The molecule has 0 atom stereocenters. The Morgan fingerprint density at radius 2 is 1.89 bits per heavy atom. The number of imidazole rings is 1. The number of H-pyrrole nitrogens is 1. The van der Waals surface area contributed by atoms with E-state index in [9.17, 15) is 4.79 Å². The number of rotatable bonds is 7. The van der Waals surface area contributed by atoms with Crippen molar-refractivity contribution in [3.05, 3.63) is 59.5 Å². The first-order valence-electron chi connectivity index (χ1n) is 12.1. The van der Waals surface area contributed by atoms with Crippen molar-refractivity contribution in [1.29, 1.82) is 0 Å². The van der Waals surface area contributed by atoms with Crippen molar-refractivity contribution in [2.45, 2.75) is 33.2 Å². The molecule has 36 heavy (non-hydrogen) atoms. The lowest BCUT2D eigenvalue weighted by molar-refractivity contribution is -0.114. The highest BCUT2D eigenvalue weighted by molar-refractivity contribution is 6.33. The average molecular weight is 505 g/mol. The Morgan fingerprint density at radius 1 is 1.11 bits per heavy atom. The number of fused-ring (bicyclic) bond motifs is 1. The number of piperidine rings is 1. The quantitative estimate of drug-likeness (QED) is 0.256. The number of hydrogen-bond donors (Lipinski definition) is 4. The van der Waals surface area contributed by atoms with Gasteiger partial charge >= 0.3 is 0 Å². The van der Waals surface area contributed by atoms with Crippen molar-refractivity contribution < 1.29 is 4.79 Å². The van der Waals surface area contributed by atoms with Crippen LogP contribution in [0.15, 0.2) is 48.7 Å². The third-order valence-corrected chi connectivity index (χ3v) is 6.55. The molecule has 4 N–H and O–H groups in total. The van der Waals surface area contributed by atoms with Gasteiger partial charge in [0.25, 0.3) is 0 Å². The van der Waals surface area contributed by atoms with Gasteiger partial charge in [0.1, 0.15) is 10.8 Å². The van der Waals surface area contributed by atoms with E-state index in [-0.39, 0.29) is 5.91 Å². The summed E-state index contributed by atoms with van der Waals surface area (Å²) < 4.78 is 0. The van der Waals surface area contributed by atoms with Crippen molar-refractivity contribution in [2.75, 3.05) is 29.0 Å². The van der Waals surface area contributed by atoms with Gasteiger partial charge in [0.05, 0.1) is 35.1 Å². The molecule has 0 bridgehead atoms. The van der Waals surface area contributed by atoms with E-state index in [1.54, 1.807) is 6.07 Å². The first-order valence-corrected chi connectivity index (χ1v) is 12.4. The van der Waals surface area contributed by atoms with Gasteiger partial charge in [-0.1, -0.05) is 30.7 Å². The molecule has 1 aliphatic rings. The normalized spacial score (nSPS) is 14.6. The minimum Gasteiger partial charge on any atom is -0.341 e. The number of halogens is 1. The van der Waals surface area contributed by atoms with Gasteiger partial charge in [0.15, 0.2) is 5.82 Å². The van der Waals surface area contributed by atoms with Gasteiger partial charge in [-0.3, -0.25) is 9.69 Å². The van der Waals surface area contributed by atoms with Gasteiger partial charge in [0.2, 0.25) is 11.9 Å². The summed E-state index contributed by atoms with van der Waals surface area (Å²) in [5.41, 5.74) is 4.02. The fraction of sp³-hybridized carbons (Fsp3) is 0.308. The standard InChI is InChI=1S/C26H29ClN8O/c1-16-9-11-35(12-10-16)15-24-31-22-8-7-18(13-23(22)32-24)30-26-28-14-19(27)25(34-26)33-21-6-4-3-5-20(21)29-17(2)36/h3-8,13-14,16H,9-12,15H2,1-2H3,(H,29,36)(H,31,32)(H2,28,30,33,34). The second kappa shape index (κ2) is 10.5. The lowest BCUT2D eigenvalue weighted by atomic mass is 9.99. The van der Waals surface area contributed by atoms with Crippen LogP contribution in [0, 0.1) is 5.92 Å². The number of carbonyl (C=O) groups excluding carboxylic acids is 1. The second-order valence-electron chi connectivity index (χ2n) is 9.24. The van der Waals surface area contributed by atoms with Crippen LogP contribution in [0.3, 0.4) is 0 Å². The minimum absolute atomic E-state index is 0.164. The fourth-order valence-corrected chi connectivity index (χ4v) is 4.45. The van der Waals surface area contributed by atoms with Gasteiger partial charge in [0, 0.05) is 12.6 Å². The zero-order valence-electron chi connectivity index (χ0n) is 20.3. The predicted octanol–water partition coefficient (Wildman–Crippen LogP) is 5.68. The summed E-state index contributed by atoms with van der Waals surface area (Å²) in [7, 11) is 0. The summed E-state index contributed by atoms with van der Waals surface area (Å²) in [4.78, 5) is 31.1. The van der Waals surface area contributed by atoms with Crippen LogP contribution in [-0.4, -0.2) is 43.8 Å². The zero-order valence-corrected chi connectivity index (χ0v) is 21.1. The number of likely N-dealkylation sites (tertiary alicyclic amines) is 1. The van der Waals surface area contributed by atoms with Crippen LogP contribution in [0.25, 0.3) is 11.0 Å². The summed E-state index contributed by atoms with van der Waals surface area (Å²) >= 11 is 6.36. The lowest BCUT2D eigenvalue weighted by Gasteiger charge is -2.29. The highest BCUT2D eigenvalue weighted by Crippen LogP contribution is 2.29. The second-order valence-corrected chi connectivity index (χ2v) is 9.65. The van der Waals surface area contributed by atoms with E-state index in [1.807, 2.05) is 36.4 Å². The monoisotopic (exact) mass is 504 g/mol. The summed E-state index contributed by atoms with van der Waals surface area (Å²) in [6, 6.07) is 13.3. The van der Waals surface area contributed by atoms with Crippen molar-refractivity contribution in [2.24, 2.45) is 5.92 Å². The number of nitrogens with zero attached hydrogens (tertiary/aromatic N) is 4. The van der Waals surface area contributed by atoms with Crippen LogP contribution in [0.2, 0.25) is 5.02 Å². The SMILES string of the molecule is CC(=O)Nc1ccccc1Nc1nc(Nc2ccc3nc(CN4CCC(C)CC4)[nH]c3c2)ncc1Cl. The van der Waals surface area contributed by atoms with Gasteiger partial charge in [-0.2, -0.15) is 4.98 Å². The molecular weight excluding hydrogens is 476 g/mol. The maximum atomic E-state index is 11.5. The number of aromatic amines is 1. The van der Waals surface area contributed by atoms with Gasteiger partial charge in [-0.05, 0) is 62.2 Å². The molecule has 1 saturated heterocycles. The fourth-order valence-electron chi connectivity index (χ4n) is 4.31. The van der Waals surface area contributed by atoms with E-state index in [1.165, 1.54) is 26.0 Å². The molecule has 1 aliphatic heterocycles. The van der Waals surface area contributed by atoms with Crippen molar-refractivity contribution in [1.82, 2.24) is 24.8 Å². The molecule has 2 aromatic heterocycles. The van der Waals surface area contributed by atoms with Crippen LogP contribution in [0.4, 0.5) is 28.8 Å². The molecule has 10 heteroatoms. The minimum atomic E-state index is -0.164. The highest BCUT2D eigenvalue weighted by atomic mass is 35.5. The molecule has 4 aromatic rings. The van der Waals surface area contributed by atoms with E-state index < -0.39 is 0 Å². The number of nitrogens with one attached hydrogen (secondary N) is 4. The van der Waals surface area contributed by atoms with Gasteiger partial charge < -0.3 is 20.9 Å². The molecule has 2 aromatic carbocycles. The number of benzene rings is 2. The third kappa shape index (κ3) is 5.75. The largest absolute Gasteiger partial charge is 0.341 e. The van der Waals surface area contributed by atoms with Gasteiger partial charge in [-0.15, -0.1) is 0 Å². The maximum Gasteiger partial charge on any atom is 0.229 e. The van der Waals surface area contributed by atoms with Crippen LogP contribution in [0.5, 0.6) is 0 Å². The van der Waals surface area contributed by atoms with Crippen molar-refractivity contribution >= 4 is 57.4 Å². The Kier molecular flexibility index (Phi) is 7.02. The molecule has 3 heterocycles. The molecule has 0 saturated carbocycles. The summed E-state index contributed by atoms with van der Waals surface area (Å²) in [6.07, 6.45) is 4.02. The third-order valence-electron chi connectivity index (χ3n) is 6.27. The molecule has 186 valence electrons. The van der Waals surface area contributed by atoms with E-state index in [0.717, 1.165) is 48.1 Å². The molecule has 5 rings (SSSR count). The number of carbonyl (C=O) groups is 1. The molecule has 0 unspecified atom stereocenters. The molecular formula is C26H29ClN8O. The number of aromatic nitrogens is 4. The Morgan fingerprint density at radius 3 is 2.67 bits per heavy atom. The van der Waals surface area contributed by atoms with Crippen LogP contribution >= 0.6 is 11.6 Å². The van der Waals surface area contributed by atoms with Crippen LogP contribution in [-0.2, 0) is 11.3 Å². The highest BCUT2D eigenvalue weighted by Gasteiger charge is 2.17. The molecule has 0 radical (unpaired) electrons. The summed E-state index contributed by atoms with van der Waals surface area (Å²) in [5.74, 6) is 2.43. The van der Waals surface area contributed by atoms with E-state index >= 15 is 0 Å². The first kappa shape index (κ1) is 24.0. The number of anilines is 5. The lowest BCUT2D eigenvalue weighted by Crippen LogP contribution is -2.32. The molecule has 1 amide bonds. The zero-order chi connectivity index (χ0) is 25.1. The predicted molar refractivity (Wildman–Crippen MR) is 144 cm³/mol. The molecule has 9 nitrogen and oxygen atoms in total. The Bertz CT molecular complexity index is 1380. The molecule has 0 spiro atoms. The summed E-state index contributed by atoms with van der Waals surface area (Å²) in [5, 5.41) is 9.59. The van der Waals surface area contributed by atoms with Crippen molar-refractivity contribution in [3.8, 4) is 0 Å². The Labute approximate surface area is 214 Å². The van der Waals surface area contributed by atoms with Gasteiger partial charge in [-0.25, -0.2) is 9.97 Å². The number of hydrogen-bond acceptors (Lipinski definition) is 7. The van der Waals surface area contributed by atoms with E-state index in [2.05, 4.69) is 42.7 Å². The van der Waals surface area contributed by atoms with E-state index in [4.69, 9.17) is 16.6 Å². The topological polar surface area (TPSA) is 111 Å². The number of para-hydroxylation sites is 2. The first-order chi connectivity index (χ1) is 17.4. The van der Waals surface area contributed by atoms with Crippen LogP contribution in [0.1, 0.15) is 32.5 Å².